The van der Waals surface area contributed by atoms with Gasteiger partial charge in [0.15, 0.2) is 0 Å². The quantitative estimate of drug-likeness (QED) is 0.274. The second-order valence-corrected chi connectivity index (χ2v) is 5.67. The minimum atomic E-state index is 0.454. The van der Waals surface area contributed by atoms with Gasteiger partial charge in [0.2, 0.25) is 0 Å². The van der Waals surface area contributed by atoms with E-state index in [9.17, 15) is 0 Å². The molecule has 3 aliphatic rings. The van der Waals surface area contributed by atoms with Crippen molar-refractivity contribution >= 4 is 0 Å². The molecule has 1 atom stereocenters. The molecule has 0 spiro atoms. The Morgan fingerprint density at radius 3 is 2.20 bits per heavy atom. The zero-order valence-electron chi connectivity index (χ0n) is 6.39. The summed E-state index contributed by atoms with van der Waals surface area (Å²) in [5, 5.41) is 0. The van der Waals surface area contributed by atoms with E-state index in [1.807, 2.05) is 0 Å². The van der Waals surface area contributed by atoms with E-state index < -0.39 is 0 Å². The number of hydrogen-bond acceptors (Lipinski definition) is 2. The number of piperazine rings is 3. The van der Waals surface area contributed by atoms with E-state index in [1.165, 1.54) is 32.7 Å². The molecule has 3 rings (SSSR count). The van der Waals surface area contributed by atoms with Gasteiger partial charge in [-0.15, -0.1) is 0 Å². The summed E-state index contributed by atoms with van der Waals surface area (Å²) in [6.07, 6.45) is 0. The normalized spacial score (nSPS) is 46.3. The van der Waals surface area contributed by atoms with E-state index in [2.05, 4.69) is 14.7 Å². The van der Waals surface area contributed by atoms with Gasteiger partial charge < -0.3 is 0 Å². The van der Waals surface area contributed by atoms with Gasteiger partial charge in [0.1, 0.15) is 0 Å². The molecule has 3 saturated heterocycles. The summed E-state index contributed by atoms with van der Waals surface area (Å²) in [5.74, 6) is 0. The molecule has 3 aliphatic heterocycles. The van der Waals surface area contributed by atoms with Crippen molar-refractivity contribution in [1.29, 1.82) is 0 Å². The third-order valence-electron chi connectivity index (χ3n) is 2.46. The third-order valence-corrected chi connectivity index (χ3v) is 5.08. The summed E-state index contributed by atoms with van der Waals surface area (Å²) < 4.78 is 0.987. The average Bonchev–Trinajstić information content (AvgIpc) is 2.06. The van der Waals surface area contributed by atoms with Gasteiger partial charge >= 0.3 is 72.7 Å². The molecule has 3 fully saturated rings. The van der Waals surface area contributed by atoms with Gasteiger partial charge in [-0.2, -0.15) is 0 Å². The van der Waals surface area contributed by atoms with Crippen LogP contribution in [0.3, 0.4) is 0 Å². The number of fused-ring (bicyclic) bond motifs is 3. The molecule has 3 heteroatoms. The number of rotatable bonds is 1. The van der Waals surface area contributed by atoms with E-state index in [0.717, 1.165) is 4.05 Å². The Hall–Kier alpha value is 0.650. The molecule has 0 aromatic carbocycles. The Balaban J connectivity index is 2.01. The van der Waals surface area contributed by atoms with Gasteiger partial charge in [0.25, 0.3) is 0 Å². The van der Waals surface area contributed by atoms with Gasteiger partial charge in [0, 0.05) is 0 Å². The molecule has 0 saturated carbocycles. The molecule has 0 radical (unpaired) electrons. The van der Waals surface area contributed by atoms with Crippen LogP contribution in [0.1, 0.15) is 0 Å². The second-order valence-electron chi connectivity index (χ2n) is 2.99. The Bertz CT molecular complexity index is 121. The van der Waals surface area contributed by atoms with Crippen LogP contribution >= 0.6 is 0 Å². The SMILES string of the molecule is C[I-]C1CN2CCN1CC2. The summed E-state index contributed by atoms with van der Waals surface area (Å²) in [5.41, 5.74) is 0. The van der Waals surface area contributed by atoms with Crippen LogP contribution in [0.15, 0.2) is 0 Å². The first kappa shape index (κ1) is 7.31. The molecule has 10 heavy (non-hydrogen) atoms. The van der Waals surface area contributed by atoms with Crippen molar-refractivity contribution in [2.45, 2.75) is 4.05 Å². The molecule has 2 bridgehead atoms. The number of hydrogen-bond donors (Lipinski definition) is 0. The fraction of sp³-hybridized carbons (Fsp3) is 1.00. The van der Waals surface area contributed by atoms with Crippen LogP contribution in [-0.2, 0) is 0 Å². The molecular formula is C7H14IN2-. The molecule has 0 aromatic rings. The molecule has 0 aliphatic carbocycles. The van der Waals surface area contributed by atoms with E-state index in [-0.39, 0.29) is 0 Å². The van der Waals surface area contributed by atoms with Crippen LogP contribution in [0.25, 0.3) is 0 Å². The van der Waals surface area contributed by atoms with Gasteiger partial charge in [-0.1, -0.05) is 0 Å². The maximum absolute atomic E-state index is 2.69. The van der Waals surface area contributed by atoms with E-state index >= 15 is 0 Å². The summed E-state index contributed by atoms with van der Waals surface area (Å²) >= 11 is 0.454. The van der Waals surface area contributed by atoms with Crippen LogP contribution in [-0.4, -0.2) is 51.5 Å². The first-order valence-electron chi connectivity index (χ1n) is 3.84. The Morgan fingerprint density at radius 1 is 1.20 bits per heavy atom. The molecule has 0 aromatic heterocycles. The molecule has 0 N–H and O–H groups in total. The summed E-state index contributed by atoms with van der Waals surface area (Å²) in [6.45, 7) is 6.74. The molecule has 2 nitrogen and oxygen atoms in total. The van der Waals surface area contributed by atoms with Gasteiger partial charge in [0.05, 0.1) is 0 Å². The van der Waals surface area contributed by atoms with Crippen molar-refractivity contribution in [2.24, 2.45) is 0 Å². The fourth-order valence-electron chi connectivity index (χ4n) is 1.76. The van der Waals surface area contributed by atoms with Crippen LogP contribution in [0.5, 0.6) is 0 Å². The van der Waals surface area contributed by atoms with E-state index in [0.29, 0.717) is 21.2 Å². The van der Waals surface area contributed by atoms with Crippen LogP contribution in [0, 0.1) is 0 Å². The van der Waals surface area contributed by atoms with Crippen molar-refractivity contribution in [1.82, 2.24) is 9.80 Å². The Kier molecular flexibility index (Phi) is 2.15. The standard InChI is InChI=1S/C7H14IN2/c1-8-7-6-9-2-4-10(7)5-3-9/h7H,2-6H2,1H3/q-1. The Labute approximate surface area is 72.8 Å². The van der Waals surface area contributed by atoms with Crippen LogP contribution in [0.2, 0.25) is 0 Å². The number of nitrogens with zero attached hydrogens (tertiary/aromatic N) is 2. The number of alkyl halides is 2. The predicted octanol–water partition coefficient (Wildman–Crippen LogP) is -3.34. The van der Waals surface area contributed by atoms with E-state index in [4.69, 9.17) is 0 Å². The average molecular weight is 253 g/mol. The number of halogens is 1. The first-order valence-corrected chi connectivity index (χ1v) is 7.25. The summed E-state index contributed by atoms with van der Waals surface area (Å²) in [6, 6.07) is 0. The van der Waals surface area contributed by atoms with E-state index in [1.54, 1.807) is 0 Å². The first-order chi connectivity index (χ1) is 4.90. The van der Waals surface area contributed by atoms with Crippen LogP contribution < -0.4 is 21.2 Å². The zero-order valence-corrected chi connectivity index (χ0v) is 8.54. The minimum absolute atomic E-state index is 0.454. The van der Waals surface area contributed by atoms with Crippen LogP contribution in [0.4, 0.5) is 0 Å². The van der Waals surface area contributed by atoms with Crippen molar-refractivity contribution in [3.05, 3.63) is 0 Å². The second kappa shape index (κ2) is 2.95. The molecule has 60 valence electrons. The monoisotopic (exact) mass is 253 g/mol. The third kappa shape index (κ3) is 1.19. The molecule has 3 heterocycles. The molecule has 1 unspecified atom stereocenters. The Morgan fingerprint density at radius 2 is 1.90 bits per heavy atom. The van der Waals surface area contributed by atoms with Gasteiger partial charge in [-0.05, 0) is 0 Å². The van der Waals surface area contributed by atoms with Gasteiger partial charge in [-0.3, -0.25) is 0 Å². The van der Waals surface area contributed by atoms with Crippen molar-refractivity contribution in [2.75, 3.05) is 37.7 Å². The maximum atomic E-state index is 2.69. The van der Waals surface area contributed by atoms with Gasteiger partial charge in [-0.25, -0.2) is 0 Å². The predicted molar refractivity (Wildman–Crippen MR) is 37.7 cm³/mol. The zero-order chi connectivity index (χ0) is 6.97. The molecular weight excluding hydrogens is 239 g/mol. The van der Waals surface area contributed by atoms with Crippen molar-refractivity contribution < 1.29 is 21.2 Å². The summed E-state index contributed by atoms with van der Waals surface area (Å²) in [7, 11) is 0. The van der Waals surface area contributed by atoms with Crippen molar-refractivity contribution in [3.63, 3.8) is 0 Å². The molecule has 0 amide bonds. The summed E-state index contributed by atoms with van der Waals surface area (Å²) in [4.78, 5) is 7.71. The van der Waals surface area contributed by atoms with Crippen molar-refractivity contribution in [3.8, 4) is 0 Å². The fourth-order valence-corrected chi connectivity index (χ4v) is 4.06. The topological polar surface area (TPSA) is 6.48 Å².